The van der Waals surface area contributed by atoms with E-state index in [1.165, 1.54) is 13.4 Å². The van der Waals surface area contributed by atoms with Crippen LogP contribution in [0.5, 0.6) is 0 Å². The number of hydrogen-bond donors (Lipinski definition) is 0. The first-order chi connectivity index (χ1) is 5.35. The van der Waals surface area contributed by atoms with Crippen molar-refractivity contribution in [3.8, 4) is 0 Å². The first-order valence-corrected chi connectivity index (χ1v) is 3.32. The second-order valence-electron chi connectivity index (χ2n) is 1.85. The SMILES string of the molecule is C\C=C/C=C(C=O)\C=C\OC. The Balaban J connectivity index is 4.15. The van der Waals surface area contributed by atoms with Crippen LogP contribution in [-0.2, 0) is 9.53 Å². The third-order valence-electron chi connectivity index (χ3n) is 1.01. The maximum Gasteiger partial charge on any atom is 0.150 e. The maximum absolute atomic E-state index is 10.3. The van der Waals surface area contributed by atoms with Gasteiger partial charge in [-0.3, -0.25) is 4.79 Å². The molecule has 0 aromatic rings. The number of methoxy groups -OCH3 is 1. The zero-order valence-corrected chi connectivity index (χ0v) is 6.78. The van der Waals surface area contributed by atoms with Crippen LogP contribution in [0.15, 0.2) is 36.1 Å². The van der Waals surface area contributed by atoms with Gasteiger partial charge in [-0.15, -0.1) is 0 Å². The summed E-state index contributed by atoms with van der Waals surface area (Å²) < 4.78 is 4.65. The zero-order valence-electron chi connectivity index (χ0n) is 6.78. The molecule has 0 atom stereocenters. The molecule has 0 aliphatic heterocycles. The monoisotopic (exact) mass is 152 g/mol. The van der Waals surface area contributed by atoms with Gasteiger partial charge in [0.25, 0.3) is 0 Å². The molecule has 0 saturated carbocycles. The zero-order chi connectivity index (χ0) is 8.53. The minimum absolute atomic E-state index is 0.588. The Hall–Kier alpha value is -1.31. The van der Waals surface area contributed by atoms with Crippen molar-refractivity contribution in [3.05, 3.63) is 36.1 Å². The Morgan fingerprint density at radius 2 is 2.18 bits per heavy atom. The molecule has 0 aromatic heterocycles. The summed E-state index contributed by atoms with van der Waals surface area (Å²) in [5.74, 6) is 0. The van der Waals surface area contributed by atoms with Gasteiger partial charge in [-0.2, -0.15) is 0 Å². The maximum atomic E-state index is 10.3. The Bertz CT molecular complexity index is 188. The number of carbonyl (C=O) groups excluding carboxylic acids is 1. The fourth-order valence-electron chi connectivity index (χ4n) is 0.488. The summed E-state index contributed by atoms with van der Waals surface area (Å²) >= 11 is 0. The quantitative estimate of drug-likeness (QED) is 0.266. The minimum atomic E-state index is 0.588. The first kappa shape index (κ1) is 9.69. The van der Waals surface area contributed by atoms with E-state index in [4.69, 9.17) is 0 Å². The summed E-state index contributed by atoms with van der Waals surface area (Å²) in [6.07, 6.45) is 9.20. The van der Waals surface area contributed by atoms with E-state index in [1.54, 1.807) is 18.2 Å². The number of carbonyl (C=O) groups is 1. The lowest BCUT2D eigenvalue weighted by atomic mass is 10.2. The molecular formula is C9H12O2. The van der Waals surface area contributed by atoms with Crippen LogP contribution >= 0.6 is 0 Å². The van der Waals surface area contributed by atoms with Crippen LogP contribution in [0.2, 0.25) is 0 Å². The van der Waals surface area contributed by atoms with E-state index in [1.807, 2.05) is 13.0 Å². The van der Waals surface area contributed by atoms with E-state index in [9.17, 15) is 4.79 Å². The van der Waals surface area contributed by atoms with Gasteiger partial charge in [-0.05, 0) is 13.0 Å². The Morgan fingerprint density at radius 1 is 1.45 bits per heavy atom. The highest BCUT2D eigenvalue weighted by atomic mass is 16.5. The summed E-state index contributed by atoms with van der Waals surface area (Å²) in [6, 6.07) is 0. The van der Waals surface area contributed by atoms with Crippen molar-refractivity contribution in [1.82, 2.24) is 0 Å². The lowest BCUT2D eigenvalue weighted by Gasteiger charge is -1.86. The highest BCUT2D eigenvalue weighted by Gasteiger charge is 1.83. The fourth-order valence-corrected chi connectivity index (χ4v) is 0.488. The molecule has 2 heteroatoms. The van der Waals surface area contributed by atoms with Gasteiger partial charge in [-0.1, -0.05) is 18.2 Å². The van der Waals surface area contributed by atoms with Crippen LogP contribution in [0.25, 0.3) is 0 Å². The van der Waals surface area contributed by atoms with E-state index < -0.39 is 0 Å². The van der Waals surface area contributed by atoms with Crippen molar-refractivity contribution < 1.29 is 9.53 Å². The third kappa shape index (κ3) is 5.15. The highest BCUT2D eigenvalue weighted by Crippen LogP contribution is 1.92. The van der Waals surface area contributed by atoms with Gasteiger partial charge in [0.2, 0.25) is 0 Å². The van der Waals surface area contributed by atoms with Gasteiger partial charge in [0.15, 0.2) is 0 Å². The van der Waals surface area contributed by atoms with Crippen molar-refractivity contribution in [2.45, 2.75) is 6.92 Å². The van der Waals surface area contributed by atoms with Crippen molar-refractivity contribution in [1.29, 1.82) is 0 Å². The summed E-state index contributed by atoms with van der Waals surface area (Å²) in [7, 11) is 1.54. The lowest BCUT2D eigenvalue weighted by Crippen LogP contribution is -1.77. The van der Waals surface area contributed by atoms with Crippen LogP contribution in [0.1, 0.15) is 6.92 Å². The van der Waals surface area contributed by atoms with Gasteiger partial charge < -0.3 is 4.74 Å². The number of rotatable bonds is 4. The van der Waals surface area contributed by atoms with Gasteiger partial charge in [0, 0.05) is 5.57 Å². The molecular weight excluding hydrogens is 140 g/mol. The number of allylic oxidation sites excluding steroid dienone is 5. The molecule has 11 heavy (non-hydrogen) atoms. The second kappa shape index (κ2) is 6.81. The molecule has 60 valence electrons. The minimum Gasteiger partial charge on any atom is -0.504 e. The highest BCUT2D eigenvalue weighted by molar-refractivity contribution is 5.77. The van der Waals surface area contributed by atoms with Gasteiger partial charge in [0.05, 0.1) is 13.4 Å². The Labute approximate surface area is 66.9 Å². The van der Waals surface area contributed by atoms with E-state index in [0.717, 1.165) is 6.29 Å². The molecule has 0 rings (SSSR count). The molecule has 0 amide bonds. The molecule has 0 aliphatic carbocycles. The molecule has 0 saturated heterocycles. The van der Waals surface area contributed by atoms with Crippen molar-refractivity contribution in [3.63, 3.8) is 0 Å². The molecule has 0 N–H and O–H groups in total. The fraction of sp³-hybridized carbons (Fsp3) is 0.222. The van der Waals surface area contributed by atoms with Crippen LogP contribution in [0, 0.1) is 0 Å². The van der Waals surface area contributed by atoms with Gasteiger partial charge in [0.1, 0.15) is 6.29 Å². The smallest absolute Gasteiger partial charge is 0.150 e. The molecule has 0 spiro atoms. The summed E-state index contributed by atoms with van der Waals surface area (Å²) in [4.78, 5) is 10.3. The van der Waals surface area contributed by atoms with Crippen LogP contribution in [0.3, 0.4) is 0 Å². The van der Waals surface area contributed by atoms with Crippen LogP contribution in [-0.4, -0.2) is 13.4 Å². The molecule has 0 radical (unpaired) electrons. The largest absolute Gasteiger partial charge is 0.504 e. The average Bonchev–Trinajstić information content (AvgIpc) is 2.05. The lowest BCUT2D eigenvalue weighted by molar-refractivity contribution is -0.104. The predicted octanol–water partition coefficient (Wildman–Crippen LogP) is 1.85. The average molecular weight is 152 g/mol. The van der Waals surface area contributed by atoms with Crippen LogP contribution < -0.4 is 0 Å². The van der Waals surface area contributed by atoms with Crippen molar-refractivity contribution in [2.24, 2.45) is 0 Å². The number of ether oxygens (including phenoxy) is 1. The Morgan fingerprint density at radius 3 is 2.64 bits per heavy atom. The predicted molar refractivity (Wildman–Crippen MR) is 45.1 cm³/mol. The summed E-state index contributed by atoms with van der Waals surface area (Å²) in [6.45, 7) is 1.89. The van der Waals surface area contributed by atoms with Crippen molar-refractivity contribution in [2.75, 3.05) is 7.11 Å². The number of aldehydes is 1. The molecule has 2 nitrogen and oxygen atoms in total. The van der Waals surface area contributed by atoms with E-state index in [-0.39, 0.29) is 0 Å². The second-order valence-corrected chi connectivity index (χ2v) is 1.85. The normalized spacial score (nSPS) is 12.7. The molecule has 0 aliphatic rings. The molecule has 0 aromatic carbocycles. The molecule has 0 heterocycles. The molecule has 0 fully saturated rings. The topological polar surface area (TPSA) is 26.3 Å². The molecule has 0 unspecified atom stereocenters. The standard InChI is InChI=1S/C9H12O2/c1-3-4-5-9(8-10)6-7-11-2/h3-8H,1-2H3/b4-3-,7-6+,9-5+. The van der Waals surface area contributed by atoms with Gasteiger partial charge in [-0.25, -0.2) is 0 Å². The molecule has 0 bridgehead atoms. The van der Waals surface area contributed by atoms with Gasteiger partial charge >= 0.3 is 0 Å². The van der Waals surface area contributed by atoms with E-state index in [2.05, 4.69) is 4.74 Å². The van der Waals surface area contributed by atoms with E-state index in [0.29, 0.717) is 5.57 Å². The van der Waals surface area contributed by atoms with E-state index >= 15 is 0 Å². The summed E-state index contributed by atoms with van der Waals surface area (Å²) in [5, 5.41) is 0. The van der Waals surface area contributed by atoms with Crippen molar-refractivity contribution >= 4 is 6.29 Å². The first-order valence-electron chi connectivity index (χ1n) is 3.32. The number of hydrogen-bond acceptors (Lipinski definition) is 2. The van der Waals surface area contributed by atoms with Crippen LogP contribution in [0.4, 0.5) is 0 Å². The summed E-state index contributed by atoms with van der Waals surface area (Å²) in [5.41, 5.74) is 0.588. The Kier molecular flexibility index (Phi) is 5.99. The third-order valence-corrected chi connectivity index (χ3v) is 1.01.